The summed E-state index contributed by atoms with van der Waals surface area (Å²) < 4.78 is 0. The molecule has 32 heavy (non-hydrogen) atoms. The van der Waals surface area contributed by atoms with Gasteiger partial charge in [-0.15, -0.1) is 0 Å². The summed E-state index contributed by atoms with van der Waals surface area (Å²) in [6.07, 6.45) is 1.20. The Hall–Kier alpha value is -3.02. The predicted octanol–water partition coefficient (Wildman–Crippen LogP) is 5.92. The summed E-state index contributed by atoms with van der Waals surface area (Å²) in [7, 11) is 0. The number of urea groups is 1. The van der Waals surface area contributed by atoms with Crippen molar-refractivity contribution in [2.75, 3.05) is 29.9 Å². The number of nitrogens with one attached hydrogen (secondary N) is 1. The molecule has 1 fully saturated rings. The topological polar surface area (TPSA) is 72.9 Å². The third-order valence-electron chi connectivity index (χ3n) is 5.92. The molecule has 0 aliphatic carbocycles. The number of carbonyl (C=O) groups is 2. The van der Waals surface area contributed by atoms with Crippen molar-refractivity contribution in [2.24, 2.45) is 0 Å². The number of amides is 2. The minimum absolute atomic E-state index is 0.357. The van der Waals surface area contributed by atoms with E-state index in [4.69, 9.17) is 0 Å². The first-order chi connectivity index (χ1) is 15.4. The lowest BCUT2D eigenvalue weighted by atomic mass is 9.92. The van der Waals surface area contributed by atoms with Crippen LogP contribution in [-0.2, 0) is 4.79 Å². The van der Waals surface area contributed by atoms with Crippen LogP contribution >= 0.6 is 0 Å². The Morgan fingerprint density at radius 1 is 1.03 bits per heavy atom. The first kappa shape index (κ1) is 25.2. The average Bonchev–Trinajstić information content (AvgIpc) is 3.28. The molecule has 174 valence electrons. The van der Waals surface area contributed by atoms with Crippen LogP contribution in [0.15, 0.2) is 36.4 Å². The Kier molecular flexibility index (Phi) is 9.12. The highest BCUT2D eigenvalue weighted by Crippen LogP contribution is 2.40. The van der Waals surface area contributed by atoms with Gasteiger partial charge in [0, 0.05) is 36.4 Å². The van der Waals surface area contributed by atoms with Crippen LogP contribution in [0.2, 0.25) is 0 Å². The van der Waals surface area contributed by atoms with Crippen LogP contribution < -0.4 is 10.2 Å². The molecule has 2 amide bonds. The molecule has 2 N–H and O–H groups in total. The third kappa shape index (κ3) is 5.23. The molecule has 0 radical (unpaired) electrons. The maximum Gasteiger partial charge on any atom is 0.326 e. The highest BCUT2D eigenvalue weighted by Gasteiger charge is 2.34. The van der Waals surface area contributed by atoms with Gasteiger partial charge in [0.2, 0.25) is 0 Å². The van der Waals surface area contributed by atoms with Gasteiger partial charge in [-0.1, -0.05) is 38.1 Å². The minimum atomic E-state index is -0.949. The number of carbonyl (C=O) groups excluding carboxylic acids is 1. The second-order valence-corrected chi connectivity index (χ2v) is 7.76. The van der Waals surface area contributed by atoms with E-state index in [2.05, 4.69) is 49.2 Å². The second-order valence-electron chi connectivity index (χ2n) is 7.76. The molecule has 2 aromatic rings. The average molecular weight is 440 g/mol. The van der Waals surface area contributed by atoms with Crippen molar-refractivity contribution < 1.29 is 14.7 Å². The van der Waals surface area contributed by atoms with Crippen molar-refractivity contribution in [2.45, 2.75) is 60.4 Å². The lowest BCUT2D eigenvalue weighted by Crippen LogP contribution is -2.42. The summed E-state index contributed by atoms with van der Waals surface area (Å²) in [5, 5.41) is 12.4. The maximum absolute atomic E-state index is 13.0. The third-order valence-corrected chi connectivity index (χ3v) is 5.92. The Balaban J connectivity index is 0.00000176. The van der Waals surface area contributed by atoms with Crippen molar-refractivity contribution in [3.05, 3.63) is 47.5 Å². The molecule has 1 aliphatic heterocycles. The van der Waals surface area contributed by atoms with E-state index in [0.29, 0.717) is 25.1 Å². The molecule has 1 atom stereocenters. The molecule has 0 saturated carbocycles. The van der Waals surface area contributed by atoms with E-state index in [1.807, 2.05) is 39.0 Å². The number of nitrogens with zero attached hydrogens (tertiary/aromatic N) is 2. The Morgan fingerprint density at radius 3 is 2.22 bits per heavy atom. The van der Waals surface area contributed by atoms with E-state index >= 15 is 0 Å². The van der Waals surface area contributed by atoms with Crippen molar-refractivity contribution >= 4 is 23.4 Å². The summed E-state index contributed by atoms with van der Waals surface area (Å²) in [5.74, 6) is -0.949. The highest BCUT2D eigenvalue weighted by atomic mass is 16.4. The van der Waals surface area contributed by atoms with Gasteiger partial charge in [0.05, 0.1) is 5.69 Å². The number of rotatable bonds is 6. The molecule has 6 nitrogen and oxygen atoms in total. The van der Waals surface area contributed by atoms with Gasteiger partial charge in [-0.05, 0) is 63.8 Å². The Bertz CT molecular complexity index is 938. The zero-order chi connectivity index (χ0) is 23.8. The molecule has 1 aliphatic rings. The number of benzene rings is 2. The fourth-order valence-electron chi connectivity index (χ4n) is 4.36. The molecular weight excluding hydrogens is 402 g/mol. The predicted molar refractivity (Wildman–Crippen MR) is 133 cm³/mol. The molecule has 1 unspecified atom stereocenters. The molecule has 3 rings (SSSR count). The summed E-state index contributed by atoms with van der Waals surface area (Å²) >= 11 is 0. The number of aryl methyl sites for hydroxylation is 2. The minimum Gasteiger partial charge on any atom is -0.480 e. The smallest absolute Gasteiger partial charge is 0.326 e. The number of likely N-dealkylation sites (tertiary alicyclic amines) is 1. The molecule has 1 heterocycles. The van der Waals surface area contributed by atoms with Gasteiger partial charge in [0.15, 0.2) is 0 Å². The van der Waals surface area contributed by atoms with Crippen molar-refractivity contribution in [1.29, 1.82) is 0 Å². The number of anilines is 2. The lowest BCUT2D eigenvalue weighted by Gasteiger charge is -2.28. The first-order valence-electron chi connectivity index (χ1n) is 11.6. The molecule has 6 heteroatoms. The SMILES string of the molecule is CC.CCN(CC)c1cccc(C)c1-c1c(C)cccc1NC(=O)N1CCCC1C(=O)O. The van der Waals surface area contributed by atoms with E-state index in [1.54, 1.807) is 0 Å². The number of hydrogen-bond acceptors (Lipinski definition) is 3. The number of carboxylic acid groups (broad SMARTS) is 1. The van der Waals surface area contributed by atoms with Gasteiger partial charge >= 0.3 is 12.0 Å². The van der Waals surface area contributed by atoms with Crippen LogP contribution in [0.1, 0.15) is 51.7 Å². The molecule has 0 aromatic heterocycles. The van der Waals surface area contributed by atoms with Crippen LogP contribution in [-0.4, -0.2) is 47.7 Å². The quantitative estimate of drug-likeness (QED) is 0.586. The second kappa shape index (κ2) is 11.6. The number of carboxylic acids is 1. The monoisotopic (exact) mass is 439 g/mol. The maximum atomic E-state index is 13.0. The molecule has 0 bridgehead atoms. The fourth-order valence-corrected chi connectivity index (χ4v) is 4.36. The van der Waals surface area contributed by atoms with Crippen LogP contribution in [0.3, 0.4) is 0 Å². The molecule has 2 aromatic carbocycles. The van der Waals surface area contributed by atoms with Gasteiger partial charge in [-0.3, -0.25) is 0 Å². The highest BCUT2D eigenvalue weighted by molar-refractivity contribution is 5.99. The summed E-state index contributed by atoms with van der Waals surface area (Å²) in [6, 6.07) is 11.0. The van der Waals surface area contributed by atoms with Crippen LogP contribution in [0.25, 0.3) is 11.1 Å². The molecule has 1 saturated heterocycles. The zero-order valence-electron chi connectivity index (χ0n) is 20.2. The molecule has 0 spiro atoms. The van der Waals surface area contributed by atoms with Crippen LogP contribution in [0.4, 0.5) is 16.2 Å². The summed E-state index contributed by atoms with van der Waals surface area (Å²) in [4.78, 5) is 28.2. The fraction of sp³-hybridized carbons (Fsp3) is 0.462. The van der Waals surface area contributed by atoms with Crippen LogP contribution in [0, 0.1) is 13.8 Å². The standard InChI is InChI=1S/C24H31N3O3.C2H6/c1-5-26(6-2)19-13-8-11-17(4)22(19)21-16(3)10-7-12-18(21)25-24(30)27-15-9-14-20(27)23(28)29;1-2/h7-8,10-13,20H,5-6,9,14-15H2,1-4H3,(H,25,30)(H,28,29);1-2H3. The van der Waals surface area contributed by atoms with Gasteiger partial charge in [-0.25, -0.2) is 9.59 Å². The van der Waals surface area contributed by atoms with Crippen molar-refractivity contribution in [3.8, 4) is 11.1 Å². The Labute approximate surface area is 192 Å². The summed E-state index contributed by atoms with van der Waals surface area (Å²) in [6.45, 7) is 14.6. The van der Waals surface area contributed by atoms with E-state index in [9.17, 15) is 14.7 Å². The van der Waals surface area contributed by atoms with E-state index in [1.165, 1.54) is 4.90 Å². The Morgan fingerprint density at radius 2 is 1.62 bits per heavy atom. The van der Waals surface area contributed by atoms with Gasteiger partial charge in [-0.2, -0.15) is 0 Å². The van der Waals surface area contributed by atoms with Gasteiger partial charge < -0.3 is 20.2 Å². The largest absolute Gasteiger partial charge is 0.480 e. The first-order valence-corrected chi connectivity index (χ1v) is 11.6. The van der Waals surface area contributed by atoms with E-state index in [0.717, 1.165) is 41.0 Å². The number of aliphatic carboxylic acids is 1. The van der Waals surface area contributed by atoms with E-state index < -0.39 is 12.0 Å². The molecular formula is C26H37N3O3. The van der Waals surface area contributed by atoms with Crippen molar-refractivity contribution in [3.63, 3.8) is 0 Å². The van der Waals surface area contributed by atoms with Gasteiger partial charge in [0.25, 0.3) is 0 Å². The number of hydrogen-bond donors (Lipinski definition) is 2. The lowest BCUT2D eigenvalue weighted by molar-refractivity contribution is -0.141. The van der Waals surface area contributed by atoms with Crippen LogP contribution in [0.5, 0.6) is 0 Å². The normalized spacial score (nSPS) is 15.1. The van der Waals surface area contributed by atoms with Gasteiger partial charge in [0.1, 0.15) is 6.04 Å². The van der Waals surface area contributed by atoms with Crippen molar-refractivity contribution in [1.82, 2.24) is 4.90 Å². The zero-order valence-corrected chi connectivity index (χ0v) is 20.2. The van der Waals surface area contributed by atoms with E-state index in [-0.39, 0.29) is 6.03 Å². The summed E-state index contributed by atoms with van der Waals surface area (Å²) in [5.41, 5.74) is 6.12.